The quantitative estimate of drug-likeness (QED) is 0.664. The number of benzene rings is 2. The third kappa shape index (κ3) is 5.29. The van der Waals surface area contributed by atoms with Gasteiger partial charge in [-0.3, -0.25) is 14.6 Å². The summed E-state index contributed by atoms with van der Waals surface area (Å²) in [5.41, 5.74) is 4.13. The number of rotatable bonds is 6. The highest BCUT2D eigenvalue weighted by atomic mass is 16.2. The van der Waals surface area contributed by atoms with Crippen LogP contribution in [0.4, 0.5) is 5.69 Å². The molecule has 29 heavy (non-hydrogen) atoms. The van der Waals surface area contributed by atoms with Gasteiger partial charge in [0, 0.05) is 31.0 Å². The Kier molecular flexibility index (Phi) is 6.39. The summed E-state index contributed by atoms with van der Waals surface area (Å²) in [4.78, 5) is 30.9. The molecule has 5 heteroatoms. The Morgan fingerprint density at radius 2 is 1.79 bits per heavy atom. The number of pyridine rings is 1. The highest BCUT2D eigenvalue weighted by Crippen LogP contribution is 2.26. The maximum Gasteiger partial charge on any atom is 0.256 e. The maximum absolute atomic E-state index is 13.4. The summed E-state index contributed by atoms with van der Waals surface area (Å²) in [5, 5.41) is 2.80. The maximum atomic E-state index is 13.4. The van der Waals surface area contributed by atoms with E-state index >= 15 is 0 Å². The molecule has 1 atom stereocenters. The summed E-state index contributed by atoms with van der Waals surface area (Å²) in [6, 6.07) is 21.0. The molecule has 3 aromatic rings. The minimum atomic E-state index is -0.197. The van der Waals surface area contributed by atoms with Gasteiger partial charge in [0.25, 0.3) is 5.91 Å². The molecular weight excluding hydrogens is 362 g/mol. The number of amides is 2. The Bertz CT molecular complexity index is 985. The number of aromatic nitrogens is 1. The van der Waals surface area contributed by atoms with E-state index in [1.54, 1.807) is 6.20 Å². The first-order valence-electron chi connectivity index (χ1n) is 9.59. The van der Waals surface area contributed by atoms with Crippen LogP contribution in [0.3, 0.4) is 0 Å². The second-order valence-corrected chi connectivity index (χ2v) is 7.09. The van der Waals surface area contributed by atoms with Crippen molar-refractivity contribution in [2.75, 3.05) is 5.32 Å². The SMILES string of the molecule is CC(=O)Nc1cccc([C@H](C)N(Cc2ccccc2)C(=O)c2ccc(C)nc2)c1. The monoisotopic (exact) mass is 387 g/mol. The van der Waals surface area contributed by atoms with Gasteiger partial charge in [0.2, 0.25) is 5.91 Å². The van der Waals surface area contributed by atoms with Gasteiger partial charge in [0.05, 0.1) is 11.6 Å². The molecule has 1 aromatic heterocycles. The summed E-state index contributed by atoms with van der Waals surface area (Å²) in [7, 11) is 0. The molecule has 0 unspecified atom stereocenters. The second-order valence-electron chi connectivity index (χ2n) is 7.09. The summed E-state index contributed by atoms with van der Waals surface area (Å²) in [6.07, 6.45) is 1.62. The number of aryl methyl sites for hydroxylation is 1. The van der Waals surface area contributed by atoms with E-state index in [9.17, 15) is 9.59 Å². The van der Waals surface area contributed by atoms with E-state index in [0.29, 0.717) is 17.8 Å². The molecule has 2 amide bonds. The number of carbonyl (C=O) groups is 2. The van der Waals surface area contributed by atoms with Crippen molar-refractivity contribution in [3.05, 3.63) is 95.3 Å². The van der Waals surface area contributed by atoms with E-state index in [1.165, 1.54) is 6.92 Å². The van der Waals surface area contributed by atoms with Crippen LogP contribution < -0.4 is 5.32 Å². The summed E-state index contributed by atoms with van der Waals surface area (Å²) in [6.45, 7) is 5.84. The van der Waals surface area contributed by atoms with Gasteiger partial charge in [-0.2, -0.15) is 0 Å². The number of nitrogens with zero attached hydrogens (tertiary/aromatic N) is 2. The molecule has 0 aliphatic rings. The average molecular weight is 387 g/mol. The van der Waals surface area contributed by atoms with Crippen molar-refractivity contribution in [1.29, 1.82) is 0 Å². The van der Waals surface area contributed by atoms with Crippen LogP contribution >= 0.6 is 0 Å². The fourth-order valence-corrected chi connectivity index (χ4v) is 3.18. The minimum absolute atomic E-state index is 0.0845. The van der Waals surface area contributed by atoms with Crippen molar-refractivity contribution in [3.8, 4) is 0 Å². The summed E-state index contributed by atoms with van der Waals surface area (Å²) in [5.74, 6) is -0.212. The lowest BCUT2D eigenvalue weighted by atomic mass is 10.0. The lowest BCUT2D eigenvalue weighted by Crippen LogP contribution is -2.33. The van der Waals surface area contributed by atoms with Gasteiger partial charge >= 0.3 is 0 Å². The van der Waals surface area contributed by atoms with Crippen LogP contribution in [0.1, 0.15) is 47.1 Å². The van der Waals surface area contributed by atoms with Crippen LogP contribution in [-0.4, -0.2) is 21.7 Å². The first kappa shape index (κ1) is 20.3. The molecule has 3 rings (SSSR count). The molecule has 2 aromatic carbocycles. The third-order valence-electron chi connectivity index (χ3n) is 4.77. The zero-order valence-electron chi connectivity index (χ0n) is 16.9. The van der Waals surface area contributed by atoms with E-state index in [4.69, 9.17) is 0 Å². The lowest BCUT2D eigenvalue weighted by Gasteiger charge is -2.30. The van der Waals surface area contributed by atoms with Gasteiger partial charge in [0.1, 0.15) is 0 Å². The van der Waals surface area contributed by atoms with Crippen molar-refractivity contribution in [2.45, 2.75) is 33.4 Å². The van der Waals surface area contributed by atoms with Crippen molar-refractivity contribution < 1.29 is 9.59 Å². The molecule has 0 saturated heterocycles. The van der Waals surface area contributed by atoms with Crippen LogP contribution in [0.15, 0.2) is 72.9 Å². The Balaban J connectivity index is 1.94. The molecule has 0 aliphatic heterocycles. The molecule has 1 heterocycles. The molecular formula is C24H25N3O2. The van der Waals surface area contributed by atoms with Crippen molar-refractivity contribution in [2.24, 2.45) is 0 Å². The zero-order chi connectivity index (χ0) is 20.8. The van der Waals surface area contributed by atoms with Crippen LogP contribution in [-0.2, 0) is 11.3 Å². The Hall–Kier alpha value is -3.47. The van der Waals surface area contributed by atoms with E-state index in [2.05, 4.69) is 10.3 Å². The molecule has 0 fully saturated rings. The van der Waals surface area contributed by atoms with E-state index in [-0.39, 0.29) is 17.9 Å². The van der Waals surface area contributed by atoms with E-state index in [1.807, 2.05) is 85.5 Å². The fourth-order valence-electron chi connectivity index (χ4n) is 3.18. The molecule has 5 nitrogen and oxygen atoms in total. The van der Waals surface area contributed by atoms with Crippen molar-refractivity contribution >= 4 is 17.5 Å². The number of anilines is 1. The van der Waals surface area contributed by atoms with Crippen molar-refractivity contribution in [3.63, 3.8) is 0 Å². The fraction of sp³-hybridized carbons (Fsp3) is 0.208. The first-order valence-corrected chi connectivity index (χ1v) is 9.59. The highest BCUT2D eigenvalue weighted by Gasteiger charge is 2.23. The predicted molar refractivity (Wildman–Crippen MR) is 114 cm³/mol. The third-order valence-corrected chi connectivity index (χ3v) is 4.77. The highest BCUT2D eigenvalue weighted by molar-refractivity contribution is 5.94. The molecule has 148 valence electrons. The van der Waals surface area contributed by atoms with Gasteiger partial charge in [0.15, 0.2) is 0 Å². The predicted octanol–water partition coefficient (Wildman–Crippen LogP) is 4.75. The molecule has 0 radical (unpaired) electrons. The van der Waals surface area contributed by atoms with Crippen LogP contribution in [0.2, 0.25) is 0 Å². The van der Waals surface area contributed by atoms with Crippen molar-refractivity contribution in [1.82, 2.24) is 9.88 Å². The van der Waals surface area contributed by atoms with E-state index < -0.39 is 0 Å². The lowest BCUT2D eigenvalue weighted by molar-refractivity contribution is -0.114. The first-order chi connectivity index (χ1) is 13.9. The van der Waals surface area contributed by atoms with Crippen LogP contribution in [0.25, 0.3) is 0 Å². The standard InChI is InChI=1S/C24H25N3O2/c1-17-12-13-22(15-25-17)24(29)27(16-20-8-5-4-6-9-20)18(2)21-10-7-11-23(14-21)26-19(3)28/h4-15,18H,16H2,1-3H3,(H,26,28)/t18-/m0/s1. The summed E-state index contributed by atoms with van der Waals surface area (Å²) < 4.78 is 0. The Labute approximate surface area is 171 Å². The smallest absolute Gasteiger partial charge is 0.256 e. The number of carbonyl (C=O) groups excluding carboxylic acids is 2. The molecule has 0 spiro atoms. The topological polar surface area (TPSA) is 62.3 Å². The minimum Gasteiger partial charge on any atom is -0.328 e. The molecule has 0 aliphatic carbocycles. The Morgan fingerprint density at radius 1 is 1.03 bits per heavy atom. The van der Waals surface area contributed by atoms with Gasteiger partial charge in [-0.1, -0.05) is 42.5 Å². The number of hydrogen-bond donors (Lipinski definition) is 1. The normalized spacial score (nSPS) is 11.6. The molecule has 0 bridgehead atoms. The zero-order valence-corrected chi connectivity index (χ0v) is 16.9. The van der Waals surface area contributed by atoms with Crippen LogP contribution in [0.5, 0.6) is 0 Å². The van der Waals surface area contributed by atoms with Gasteiger partial charge in [-0.05, 0) is 49.2 Å². The second kappa shape index (κ2) is 9.15. The van der Waals surface area contributed by atoms with Crippen LogP contribution in [0, 0.1) is 6.92 Å². The average Bonchev–Trinajstić information content (AvgIpc) is 2.72. The molecule has 1 N–H and O–H groups in total. The molecule has 0 saturated carbocycles. The Morgan fingerprint density at radius 3 is 2.45 bits per heavy atom. The summed E-state index contributed by atoms with van der Waals surface area (Å²) >= 11 is 0. The number of hydrogen-bond acceptors (Lipinski definition) is 3. The largest absolute Gasteiger partial charge is 0.328 e. The van der Waals surface area contributed by atoms with E-state index in [0.717, 1.165) is 16.8 Å². The number of nitrogens with one attached hydrogen (secondary N) is 1. The van der Waals surface area contributed by atoms with Gasteiger partial charge in [-0.15, -0.1) is 0 Å². The van der Waals surface area contributed by atoms with Gasteiger partial charge < -0.3 is 10.2 Å². The van der Waals surface area contributed by atoms with Gasteiger partial charge in [-0.25, -0.2) is 0 Å².